The van der Waals surface area contributed by atoms with E-state index in [0.717, 1.165) is 20.1 Å². The largest absolute Gasteiger partial charge is 0.494 e. The molecule has 0 heterocycles. The molecule has 1 unspecified atom stereocenters. The van der Waals surface area contributed by atoms with Crippen molar-refractivity contribution >= 4 is 31.9 Å². The van der Waals surface area contributed by atoms with Crippen molar-refractivity contribution in [2.45, 2.75) is 19.5 Å². The number of benzene rings is 2. The van der Waals surface area contributed by atoms with E-state index in [9.17, 15) is 4.39 Å². The molecule has 0 spiro atoms. The Kier molecular flexibility index (Phi) is 5.79. The quantitative estimate of drug-likeness (QED) is 0.722. The molecular formula is C16H16Br2FNO. The normalized spacial score (nSPS) is 12.2. The first-order valence-corrected chi connectivity index (χ1v) is 8.10. The molecule has 0 saturated carbocycles. The van der Waals surface area contributed by atoms with E-state index in [4.69, 9.17) is 4.74 Å². The molecule has 112 valence electrons. The lowest BCUT2D eigenvalue weighted by Gasteiger charge is -2.15. The van der Waals surface area contributed by atoms with Crippen LogP contribution in [0, 0.1) is 5.82 Å². The van der Waals surface area contributed by atoms with Crippen molar-refractivity contribution in [1.82, 2.24) is 5.32 Å². The average Bonchev–Trinajstić information content (AvgIpc) is 2.48. The fraction of sp³-hybridized carbons (Fsp3) is 0.250. The van der Waals surface area contributed by atoms with Gasteiger partial charge in [-0.25, -0.2) is 4.39 Å². The van der Waals surface area contributed by atoms with Crippen molar-refractivity contribution in [3.8, 4) is 5.75 Å². The highest BCUT2D eigenvalue weighted by molar-refractivity contribution is 9.13. The van der Waals surface area contributed by atoms with Gasteiger partial charge in [0.1, 0.15) is 0 Å². The Morgan fingerprint density at radius 3 is 2.52 bits per heavy atom. The highest BCUT2D eigenvalue weighted by Gasteiger charge is 2.09. The van der Waals surface area contributed by atoms with E-state index in [2.05, 4.69) is 43.2 Å². The summed E-state index contributed by atoms with van der Waals surface area (Å²) < 4.78 is 20.7. The van der Waals surface area contributed by atoms with E-state index in [-0.39, 0.29) is 17.6 Å². The standard InChI is InChI=1S/C16H16Br2FNO/c1-10(12-4-6-16(21-2)15(19)8-12)20-9-11-3-5-13(17)14(18)7-11/h3-8,10,20H,9H2,1-2H3. The molecular weight excluding hydrogens is 401 g/mol. The maximum Gasteiger partial charge on any atom is 0.165 e. The summed E-state index contributed by atoms with van der Waals surface area (Å²) >= 11 is 6.93. The summed E-state index contributed by atoms with van der Waals surface area (Å²) in [6.07, 6.45) is 0. The predicted molar refractivity (Wildman–Crippen MR) is 90.0 cm³/mol. The molecule has 0 aliphatic carbocycles. The van der Waals surface area contributed by atoms with Crippen molar-refractivity contribution < 1.29 is 9.13 Å². The van der Waals surface area contributed by atoms with Gasteiger partial charge in [0, 0.05) is 21.5 Å². The fourth-order valence-electron chi connectivity index (χ4n) is 1.99. The SMILES string of the molecule is COc1ccc(C(C)NCc2ccc(Br)c(Br)c2)cc1F. The number of halogens is 3. The highest BCUT2D eigenvalue weighted by Crippen LogP contribution is 2.25. The van der Waals surface area contributed by atoms with Gasteiger partial charge in [0.05, 0.1) is 7.11 Å². The van der Waals surface area contributed by atoms with Gasteiger partial charge < -0.3 is 10.1 Å². The van der Waals surface area contributed by atoms with Crippen molar-refractivity contribution in [3.05, 3.63) is 62.3 Å². The highest BCUT2D eigenvalue weighted by atomic mass is 79.9. The molecule has 0 radical (unpaired) electrons. The maximum absolute atomic E-state index is 13.7. The Balaban J connectivity index is 2.02. The summed E-state index contributed by atoms with van der Waals surface area (Å²) in [6, 6.07) is 11.2. The molecule has 0 fully saturated rings. The van der Waals surface area contributed by atoms with Gasteiger partial charge in [-0.3, -0.25) is 0 Å². The van der Waals surface area contributed by atoms with Gasteiger partial charge in [0.2, 0.25) is 0 Å². The molecule has 0 bridgehead atoms. The van der Waals surface area contributed by atoms with Gasteiger partial charge in [0.15, 0.2) is 11.6 Å². The third kappa shape index (κ3) is 4.28. The molecule has 0 aliphatic rings. The zero-order chi connectivity index (χ0) is 15.4. The van der Waals surface area contributed by atoms with Crippen LogP contribution in [0.5, 0.6) is 5.75 Å². The van der Waals surface area contributed by atoms with Crippen molar-refractivity contribution in [2.75, 3.05) is 7.11 Å². The van der Waals surface area contributed by atoms with E-state index in [1.807, 2.05) is 25.1 Å². The number of methoxy groups -OCH3 is 1. The summed E-state index contributed by atoms with van der Waals surface area (Å²) in [4.78, 5) is 0. The van der Waals surface area contributed by atoms with Crippen LogP contribution in [0.3, 0.4) is 0 Å². The number of hydrogen-bond donors (Lipinski definition) is 1. The molecule has 0 amide bonds. The monoisotopic (exact) mass is 415 g/mol. The summed E-state index contributed by atoms with van der Waals surface area (Å²) in [6.45, 7) is 2.72. The first-order valence-electron chi connectivity index (χ1n) is 6.52. The first kappa shape index (κ1) is 16.5. The Bertz CT molecular complexity index is 634. The number of hydrogen-bond acceptors (Lipinski definition) is 2. The molecule has 2 aromatic rings. The van der Waals surface area contributed by atoms with Crippen LogP contribution in [0.15, 0.2) is 45.3 Å². The molecule has 0 aliphatic heterocycles. The van der Waals surface area contributed by atoms with E-state index in [1.54, 1.807) is 6.07 Å². The van der Waals surface area contributed by atoms with Crippen LogP contribution in [-0.2, 0) is 6.54 Å². The zero-order valence-corrected chi connectivity index (χ0v) is 15.0. The van der Waals surface area contributed by atoms with Crippen LogP contribution in [-0.4, -0.2) is 7.11 Å². The third-order valence-corrected chi connectivity index (χ3v) is 5.15. The van der Waals surface area contributed by atoms with Crippen LogP contribution in [0.25, 0.3) is 0 Å². The van der Waals surface area contributed by atoms with Crippen molar-refractivity contribution in [1.29, 1.82) is 0 Å². The maximum atomic E-state index is 13.7. The Hall–Kier alpha value is -0.910. The van der Waals surface area contributed by atoms with Gasteiger partial charge in [-0.2, -0.15) is 0 Å². The van der Waals surface area contributed by atoms with Crippen LogP contribution < -0.4 is 10.1 Å². The van der Waals surface area contributed by atoms with Gasteiger partial charge in [-0.1, -0.05) is 12.1 Å². The van der Waals surface area contributed by atoms with E-state index in [0.29, 0.717) is 6.54 Å². The van der Waals surface area contributed by atoms with Crippen molar-refractivity contribution in [2.24, 2.45) is 0 Å². The summed E-state index contributed by atoms with van der Waals surface area (Å²) in [5, 5.41) is 3.38. The smallest absolute Gasteiger partial charge is 0.165 e. The zero-order valence-electron chi connectivity index (χ0n) is 11.8. The minimum absolute atomic E-state index is 0.0489. The molecule has 21 heavy (non-hydrogen) atoms. The fourth-order valence-corrected chi connectivity index (χ4v) is 2.66. The number of rotatable bonds is 5. The average molecular weight is 417 g/mol. The lowest BCUT2D eigenvalue weighted by molar-refractivity contribution is 0.385. The van der Waals surface area contributed by atoms with Crippen LogP contribution in [0.4, 0.5) is 4.39 Å². The topological polar surface area (TPSA) is 21.3 Å². The van der Waals surface area contributed by atoms with Crippen LogP contribution in [0.2, 0.25) is 0 Å². The minimum atomic E-state index is -0.338. The Morgan fingerprint density at radius 2 is 1.90 bits per heavy atom. The molecule has 1 atom stereocenters. The number of nitrogens with one attached hydrogen (secondary N) is 1. The van der Waals surface area contributed by atoms with Gasteiger partial charge in [-0.15, -0.1) is 0 Å². The van der Waals surface area contributed by atoms with E-state index < -0.39 is 0 Å². The predicted octanol–water partition coefficient (Wildman–Crippen LogP) is 5.21. The molecule has 2 rings (SSSR count). The molecule has 5 heteroatoms. The summed E-state index contributed by atoms with van der Waals surface area (Å²) in [7, 11) is 1.46. The second-order valence-corrected chi connectivity index (χ2v) is 6.45. The molecule has 1 N–H and O–H groups in total. The Morgan fingerprint density at radius 1 is 1.14 bits per heavy atom. The number of ether oxygens (including phenoxy) is 1. The van der Waals surface area contributed by atoms with Crippen molar-refractivity contribution in [3.63, 3.8) is 0 Å². The van der Waals surface area contributed by atoms with Gasteiger partial charge >= 0.3 is 0 Å². The van der Waals surface area contributed by atoms with Crippen LogP contribution >= 0.6 is 31.9 Å². The second-order valence-electron chi connectivity index (χ2n) is 4.75. The van der Waals surface area contributed by atoms with Gasteiger partial charge in [-0.05, 0) is 74.2 Å². The Labute approximate surface area is 141 Å². The summed E-state index contributed by atoms with van der Waals surface area (Å²) in [5.74, 6) is -0.0715. The first-order chi connectivity index (χ1) is 10.0. The molecule has 0 saturated heterocycles. The molecule has 2 nitrogen and oxygen atoms in total. The molecule has 2 aromatic carbocycles. The molecule has 0 aromatic heterocycles. The lowest BCUT2D eigenvalue weighted by atomic mass is 10.1. The lowest BCUT2D eigenvalue weighted by Crippen LogP contribution is -2.18. The van der Waals surface area contributed by atoms with Gasteiger partial charge in [0.25, 0.3) is 0 Å². The van der Waals surface area contributed by atoms with E-state index >= 15 is 0 Å². The second kappa shape index (κ2) is 7.38. The minimum Gasteiger partial charge on any atom is -0.494 e. The van der Waals surface area contributed by atoms with E-state index in [1.165, 1.54) is 13.2 Å². The third-order valence-electron chi connectivity index (χ3n) is 3.27. The van der Waals surface area contributed by atoms with Crippen LogP contribution in [0.1, 0.15) is 24.1 Å². The summed E-state index contributed by atoms with van der Waals surface area (Å²) in [5.41, 5.74) is 2.05.